The number of urea groups is 1. The lowest BCUT2D eigenvalue weighted by molar-refractivity contribution is -0.121. The van der Waals surface area contributed by atoms with E-state index in [1.54, 1.807) is 16.9 Å². The Morgan fingerprint density at radius 2 is 2.00 bits per heavy atom. The van der Waals surface area contributed by atoms with Gasteiger partial charge in [-0.05, 0) is 31.2 Å². The fraction of sp³-hybridized carbons (Fsp3) is 0.429. The number of anilines is 1. The van der Waals surface area contributed by atoms with Crippen LogP contribution >= 0.6 is 0 Å². The van der Waals surface area contributed by atoms with Crippen LogP contribution < -0.4 is 15.0 Å². The average molecular weight is 277 g/mol. The Bertz CT molecular complexity index is 487. The number of likely N-dealkylation sites (N-methyl/N-ethyl adjacent to an activating group) is 1. The SMILES string of the molecule is CCNC(=O)CN1CCN(c2ccc(OC)cc2)C1=O. The zero-order valence-electron chi connectivity index (χ0n) is 11.8. The number of rotatable bonds is 5. The van der Waals surface area contributed by atoms with E-state index in [1.165, 1.54) is 0 Å². The first-order chi connectivity index (χ1) is 9.65. The van der Waals surface area contributed by atoms with Gasteiger partial charge in [-0.2, -0.15) is 0 Å². The molecule has 1 aromatic rings. The molecule has 0 spiro atoms. The third-order valence-electron chi connectivity index (χ3n) is 3.19. The molecule has 6 heteroatoms. The van der Waals surface area contributed by atoms with E-state index in [1.807, 2.05) is 31.2 Å². The van der Waals surface area contributed by atoms with Crippen LogP contribution in [0.1, 0.15) is 6.92 Å². The normalized spacial score (nSPS) is 14.6. The highest BCUT2D eigenvalue weighted by molar-refractivity contribution is 5.96. The van der Waals surface area contributed by atoms with Crippen molar-refractivity contribution in [3.8, 4) is 5.75 Å². The molecule has 1 aliphatic heterocycles. The molecule has 0 radical (unpaired) electrons. The highest BCUT2D eigenvalue weighted by Crippen LogP contribution is 2.22. The molecule has 1 N–H and O–H groups in total. The number of hydrogen-bond acceptors (Lipinski definition) is 3. The maximum absolute atomic E-state index is 12.2. The lowest BCUT2D eigenvalue weighted by Crippen LogP contribution is -2.39. The number of ether oxygens (including phenoxy) is 1. The molecule has 20 heavy (non-hydrogen) atoms. The van der Waals surface area contributed by atoms with E-state index < -0.39 is 0 Å². The van der Waals surface area contributed by atoms with Crippen LogP contribution in [0.5, 0.6) is 5.75 Å². The summed E-state index contributed by atoms with van der Waals surface area (Å²) in [7, 11) is 1.60. The van der Waals surface area contributed by atoms with Crippen molar-refractivity contribution in [2.75, 3.05) is 38.2 Å². The van der Waals surface area contributed by atoms with Crippen molar-refractivity contribution in [3.63, 3.8) is 0 Å². The van der Waals surface area contributed by atoms with Crippen LogP contribution in [0.15, 0.2) is 24.3 Å². The van der Waals surface area contributed by atoms with Crippen molar-refractivity contribution in [3.05, 3.63) is 24.3 Å². The van der Waals surface area contributed by atoms with Crippen LogP contribution in [-0.2, 0) is 4.79 Å². The highest BCUT2D eigenvalue weighted by atomic mass is 16.5. The summed E-state index contributed by atoms with van der Waals surface area (Å²) in [5.74, 6) is 0.622. The van der Waals surface area contributed by atoms with Crippen LogP contribution in [0.4, 0.5) is 10.5 Å². The Labute approximate surface area is 118 Å². The first-order valence-corrected chi connectivity index (χ1v) is 6.63. The van der Waals surface area contributed by atoms with Crippen molar-refractivity contribution in [2.24, 2.45) is 0 Å². The molecule has 1 heterocycles. The zero-order valence-corrected chi connectivity index (χ0v) is 11.8. The molecule has 2 rings (SSSR count). The van der Waals surface area contributed by atoms with Gasteiger partial charge in [0, 0.05) is 25.3 Å². The second-order valence-electron chi connectivity index (χ2n) is 4.51. The van der Waals surface area contributed by atoms with Gasteiger partial charge in [0.15, 0.2) is 0 Å². The van der Waals surface area contributed by atoms with E-state index in [-0.39, 0.29) is 18.5 Å². The Balaban J connectivity index is 2.01. The average Bonchev–Trinajstić information content (AvgIpc) is 2.81. The molecular formula is C14H19N3O3. The molecule has 1 aromatic carbocycles. The summed E-state index contributed by atoms with van der Waals surface area (Å²) in [4.78, 5) is 27.0. The summed E-state index contributed by atoms with van der Waals surface area (Å²) in [5, 5.41) is 2.69. The number of hydrogen-bond donors (Lipinski definition) is 1. The van der Waals surface area contributed by atoms with Gasteiger partial charge in [0.05, 0.1) is 7.11 Å². The van der Waals surface area contributed by atoms with Gasteiger partial charge in [-0.15, -0.1) is 0 Å². The van der Waals surface area contributed by atoms with Crippen LogP contribution in [0.25, 0.3) is 0 Å². The molecule has 0 bridgehead atoms. The second-order valence-corrected chi connectivity index (χ2v) is 4.51. The topological polar surface area (TPSA) is 61.9 Å². The molecule has 0 unspecified atom stereocenters. The van der Waals surface area contributed by atoms with E-state index in [9.17, 15) is 9.59 Å². The number of methoxy groups -OCH3 is 1. The van der Waals surface area contributed by atoms with Crippen molar-refractivity contribution in [1.29, 1.82) is 0 Å². The minimum Gasteiger partial charge on any atom is -0.497 e. The molecule has 0 atom stereocenters. The monoisotopic (exact) mass is 277 g/mol. The van der Waals surface area contributed by atoms with Crippen LogP contribution in [0.3, 0.4) is 0 Å². The molecule has 6 nitrogen and oxygen atoms in total. The summed E-state index contributed by atoms with van der Waals surface area (Å²) < 4.78 is 5.09. The van der Waals surface area contributed by atoms with E-state index >= 15 is 0 Å². The Morgan fingerprint density at radius 1 is 1.30 bits per heavy atom. The number of amides is 3. The first-order valence-electron chi connectivity index (χ1n) is 6.63. The largest absolute Gasteiger partial charge is 0.497 e. The van der Waals surface area contributed by atoms with E-state index in [0.29, 0.717) is 19.6 Å². The van der Waals surface area contributed by atoms with Crippen LogP contribution in [0, 0.1) is 0 Å². The Morgan fingerprint density at radius 3 is 2.60 bits per heavy atom. The van der Waals surface area contributed by atoms with Crippen molar-refractivity contribution in [1.82, 2.24) is 10.2 Å². The van der Waals surface area contributed by atoms with Gasteiger partial charge >= 0.3 is 6.03 Å². The minimum absolute atomic E-state index is 0.110. The van der Waals surface area contributed by atoms with E-state index in [0.717, 1.165) is 11.4 Å². The van der Waals surface area contributed by atoms with E-state index in [4.69, 9.17) is 4.74 Å². The summed E-state index contributed by atoms with van der Waals surface area (Å²) >= 11 is 0. The predicted octanol–water partition coefficient (Wildman–Crippen LogP) is 1.07. The smallest absolute Gasteiger partial charge is 0.325 e. The van der Waals surface area contributed by atoms with Crippen LogP contribution in [-0.4, -0.2) is 50.1 Å². The number of carbonyl (C=O) groups excluding carboxylic acids is 2. The lowest BCUT2D eigenvalue weighted by atomic mass is 10.3. The van der Waals surface area contributed by atoms with Gasteiger partial charge < -0.3 is 15.0 Å². The van der Waals surface area contributed by atoms with Gasteiger partial charge in [0.1, 0.15) is 12.3 Å². The highest BCUT2D eigenvalue weighted by Gasteiger charge is 2.30. The van der Waals surface area contributed by atoms with Crippen molar-refractivity contribution >= 4 is 17.6 Å². The fourth-order valence-electron chi connectivity index (χ4n) is 2.16. The molecule has 0 aromatic heterocycles. The summed E-state index contributed by atoms with van der Waals surface area (Å²) in [6.45, 7) is 3.68. The molecule has 0 saturated carbocycles. The predicted molar refractivity (Wildman–Crippen MR) is 76.0 cm³/mol. The number of nitrogens with one attached hydrogen (secondary N) is 1. The van der Waals surface area contributed by atoms with E-state index in [2.05, 4.69) is 5.32 Å². The quantitative estimate of drug-likeness (QED) is 0.876. The summed E-state index contributed by atoms with van der Waals surface area (Å²) in [6.07, 6.45) is 0. The van der Waals surface area contributed by atoms with Crippen molar-refractivity contribution < 1.29 is 14.3 Å². The molecule has 3 amide bonds. The summed E-state index contributed by atoms with van der Waals surface area (Å²) in [5.41, 5.74) is 0.814. The van der Waals surface area contributed by atoms with Gasteiger partial charge in [0.25, 0.3) is 0 Å². The fourth-order valence-corrected chi connectivity index (χ4v) is 2.16. The van der Waals surface area contributed by atoms with Gasteiger partial charge in [-0.1, -0.05) is 0 Å². The molecule has 0 aliphatic carbocycles. The lowest BCUT2D eigenvalue weighted by Gasteiger charge is -2.18. The zero-order chi connectivity index (χ0) is 14.5. The second kappa shape index (κ2) is 6.27. The molecule has 108 valence electrons. The number of benzene rings is 1. The van der Waals surface area contributed by atoms with Gasteiger partial charge in [0.2, 0.25) is 5.91 Å². The number of nitrogens with zero attached hydrogens (tertiary/aromatic N) is 2. The molecule has 1 aliphatic rings. The maximum Gasteiger partial charge on any atom is 0.325 e. The molecular weight excluding hydrogens is 258 g/mol. The molecule has 1 fully saturated rings. The summed E-state index contributed by atoms with van der Waals surface area (Å²) in [6, 6.07) is 7.17. The minimum atomic E-state index is -0.138. The van der Waals surface area contributed by atoms with Gasteiger partial charge in [-0.3, -0.25) is 9.69 Å². The van der Waals surface area contributed by atoms with Gasteiger partial charge in [-0.25, -0.2) is 4.79 Å². The Hall–Kier alpha value is -2.24. The maximum atomic E-state index is 12.2. The van der Waals surface area contributed by atoms with Crippen LogP contribution in [0.2, 0.25) is 0 Å². The number of carbonyl (C=O) groups is 2. The third kappa shape index (κ3) is 3.01. The third-order valence-corrected chi connectivity index (χ3v) is 3.19. The molecule has 1 saturated heterocycles. The first kappa shape index (κ1) is 14.2. The Kier molecular flexibility index (Phi) is 4.45. The standard InChI is InChI=1S/C14H19N3O3/c1-3-15-13(18)10-16-8-9-17(14(16)19)11-4-6-12(20-2)7-5-11/h4-7H,3,8-10H2,1-2H3,(H,15,18). The van der Waals surface area contributed by atoms with Crippen molar-refractivity contribution in [2.45, 2.75) is 6.92 Å².